The van der Waals surface area contributed by atoms with Crippen LogP contribution in [0.3, 0.4) is 0 Å². The molecule has 2 rings (SSSR count). The third-order valence-electron chi connectivity index (χ3n) is 2.77. The predicted molar refractivity (Wildman–Crippen MR) is 75.5 cm³/mol. The minimum absolute atomic E-state index is 0.123. The van der Waals surface area contributed by atoms with Crippen molar-refractivity contribution in [2.45, 2.75) is 6.54 Å². The summed E-state index contributed by atoms with van der Waals surface area (Å²) in [5.74, 6) is -0.176. The van der Waals surface area contributed by atoms with Crippen LogP contribution in [0.2, 0.25) is 0 Å². The zero-order chi connectivity index (χ0) is 13.5. The van der Waals surface area contributed by atoms with Crippen LogP contribution in [-0.2, 0) is 11.3 Å². The number of amides is 1. The third kappa shape index (κ3) is 3.43. The molecule has 0 fully saturated rings. The van der Waals surface area contributed by atoms with E-state index < -0.39 is 0 Å². The van der Waals surface area contributed by atoms with Crippen molar-refractivity contribution >= 4 is 11.6 Å². The van der Waals surface area contributed by atoms with E-state index in [1.54, 1.807) is 4.90 Å². The van der Waals surface area contributed by atoms with Gasteiger partial charge < -0.3 is 9.74 Å². The fourth-order valence-electron chi connectivity index (χ4n) is 1.85. The van der Waals surface area contributed by atoms with Crippen LogP contribution in [0.5, 0.6) is 0 Å². The van der Waals surface area contributed by atoms with Gasteiger partial charge in [0.1, 0.15) is 0 Å². The fraction of sp³-hybridized carbons (Fsp3) is 0.125. The highest BCUT2D eigenvalue weighted by molar-refractivity contribution is 5.95. The average molecular weight is 250 g/mol. The Bertz CT molecular complexity index is 573. The highest BCUT2D eigenvalue weighted by atomic mass is 16.2. The molecule has 0 radical (unpaired) electrons. The maximum atomic E-state index is 12.1. The molecule has 2 aromatic rings. The molecule has 0 saturated heterocycles. The van der Waals surface area contributed by atoms with Gasteiger partial charge in [-0.3, -0.25) is 4.79 Å². The van der Waals surface area contributed by atoms with Gasteiger partial charge >= 0.3 is 5.91 Å². The van der Waals surface area contributed by atoms with Crippen molar-refractivity contribution < 1.29 is 4.79 Å². The number of para-hydroxylation sites is 1. The zero-order valence-electron chi connectivity index (χ0n) is 10.5. The fourth-order valence-corrected chi connectivity index (χ4v) is 1.85. The predicted octanol–water partition coefficient (Wildman–Crippen LogP) is 3.14. The number of benzene rings is 2. The van der Waals surface area contributed by atoms with Crippen LogP contribution in [0.15, 0.2) is 60.7 Å². The van der Waals surface area contributed by atoms with Crippen LogP contribution >= 0.6 is 0 Å². The maximum absolute atomic E-state index is 12.1. The van der Waals surface area contributed by atoms with Gasteiger partial charge in [0, 0.05) is 5.69 Å². The summed E-state index contributed by atoms with van der Waals surface area (Å²) in [6, 6.07) is 19.2. The van der Waals surface area contributed by atoms with Gasteiger partial charge in [0.25, 0.3) is 6.54 Å². The lowest BCUT2D eigenvalue weighted by Crippen LogP contribution is -2.31. The normalized spacial score (nSPS) is 9.63. The summed E-state index contributed by atoms with van der Waals surface area (Å²) in [5.41, 5.74) is 1.87. The van der Waals surface area contributed by atoms with Gasteiger partial charge in [-0.05, 0) is 17.7 Å². The Hall–Kier alpha value is -2.60. The van der Waals surface area contributed by atoms with Crippen molar-refractivity contribution in [3.8, 4) is 0 Å². The Labute approximate surface area is 112 Å². The van der Waals surface area contributed by atoms with Gasteiger partial charge in [0.05, 0.1) is 6.54 Å². The molecule has 0 N–H and O–H groups in total. The second kappa shape index (κ2) is 6.36. The van der Waals surface area contributed by atoms with Gasteiger partial charge in [-0.1, -0.05) is 48.5 Å². The Morgan fingerprint density at radius 3 is 2.16 bits per heavy atom. The SMILES string of the molecule is [C-]#[N+]CC(=O)N(Cc1ccccc1)c1ccccc1. The molecule has 0 aromatic heterocycles. The Kier molecular flexibility index (Phi) is 4.30. The van der Waals surface area contributed by atoms with E-state index in [-0.39, 0.29) is 12.5 Å². The van der Waals surface area contributed by atoms with E-state index in [9.17, 15) is 4.79 Å². The molecule has 0 atom stereocenters. The Morgan fingerprint density at radius 1 is 1.00 bits per heavy atom. The van der Waals surface area contributed by atoms with Crippen molar-refractivity contribution in [3.05, 3.63) is 77.6 Å². The molecule has 0 spiro atoms. The Balaban J connectivity index is 2.25. The van der Waals surface area contributed by atoms with Crippen LogP contribution in [0, 0.1) is 6.57 Å². The lowest BCUT2D eigenvalue weighted by Gasteiger charge is -2.20. The molecule has 0 heterocycles. The molecule has 94 valence electrons. The summed E-state index contributed by atoms with van der Waals surface area (Å²) in [4.78, 5) is 16.9. The number of rotatable bonds is 4. The smallest absolute Gasteiger partial charge is 0.306 e. The van der Waals surface area contributed by atoms with Gasteiger partial charge in [0.2, 0.25) is 0 Å². The number of nitrogens with zero attached hydrogens (tertiary/aromatic N) is 2. The van der Waals surface area contributed by atoms with E-state index in [1.165, 1.54) is 0 Å². The summed E-state index contributed by atoms with van der Waals surface area (Å²) >= 11 is 0. The maximum Gasteiger partial charge on any atom is 0.307 e. The first-order valence-corrected chi connectivity index (χ1v) is 6.04. The highest BCUT2D eigenvalue weighted by Gasteiger charge is 2.17. The molecule has 0 aliphatic rings. The molecule has 0 aliphatic heterocycles. The molecule has 0 aliphatic carbocycles. The topological polar surface area (TPSA) is 24.7 Å². The van der Waals surface area contributed by atoms with Gasteiger partial charge in [-0.25, -0.2) is 6.57 Å². The Morgan fingerprint density at radius 2 is 1.58 bits per heavy atom. The quantitative estimate of drug-likeness (QED) is 0.765. The molecule has 3 nitrogen and oxygen atoms in total. The highest BCUT2D eigenvalue weighted by Crippen LogP contribution is 2.17. The van der Waals surface area contributed by atoms with E-state index >= 15 is 0 Å². The third-order valence-corrected chi connectivity index (χ3v) is 2.77. The molecular formula is C16H14N2O. The van der Waals surface area contributed by atoms with Crippen molar-refractivity contribution in [2.24, 2.45) is 0 Å². The number of anilines is 1. The molecule has 3 heteroatoms. The van der Waals surface area contributed by atoms with Gasteiger partial charge in [0.15, 0.2) is 0 Å². The van der Waals surface area contributed by atoms with Crippen molar-refractivity contribution in [1.29, 1.82) is 0 Å². The lowest BCUT2D eigenvalue weighted by atomic mass is 10.2. The van der Waals surface area contributed by atoms with E-state index in [4.69, 9.17) is 6.57 Å². The second-order valence-electron chi connectivity index (χ2n) is 4.12. The standard InChI is InChI=1S/C16H14N2O/c1-17-12-16(19)18(15-10-6-3-7-11-15)13-14-8-4-2-5-9-14/h2-11H,12-13H2. The summed E-state index contributed by atoms with van der Waals surface area (Å²) in [5, 5.41) is 0. The number of hydrogen-bond donors (Lipinski definition) is 0. The first-order valence-electron chi connectivity index (χ1n) is 6.04. The van der Waals surface area contributed by atoms with Crippen LogP contribution in [0.4, 0.5) is 5.69 Å². The molecular weight excluding hydrogens is 236 g/mol. The molecule has 0 unspecified atom stereocenters. The minimum Gasteiger partial charge on any atom is -0.306 e. The molecule has 19 heavy (non-hydrogen) atoms. The van der Waals surface area contributed by atoms with E-state index in [0.29, 0.717) is 6.54 Å². The summed E-state index contributed by atoms with van der Waals surface area (Å²) in [6.07, 6.45) is 0. The molecule has 0 bridgehead atoms. The van der Waals surface area contributed by atoms with E-state index in [1.807, 2.05) is 60.7 Å². The van der Waals surface area contributed by atoms with Crippen LogP contribution in [-0.4, -0.2) is 12.5 Å². The van der Waals surface area contributed by atoms with Crippen molar-refractivity contribution in [1.82, 2.24) is 0 Å². The number of carbonyl (C=O) groups excluding carboxylic acids is 1. The zero-order valence-corrected chi connectivity index (χ0v) is 10.5. The molecule has 1 amide bonds. The first kappa shape index (κ1) is 12.8. The van der Waals surface area contributed by atoms with Gasteiger partial charge in [-0.2, -0.15) is 0 Å². The summed E-state index contributed by atoms with van der Waals surface area (Å²) in [6.45, 7) is 7.21. The van der Waals surface area contributed by atoms with Crippen LogP contribution in [0.25, 0.3) is 4.85 Å². The first-order chi connectivity index (χ1) is 9.31. The monoisotopic (exact) mass is 250 g/mol. The number of hydrogen-bond acceptors (Lipinski definition) is 1. The minimum atomic E-state index is -0.176. The number of carbonyl (C=O) groups is 1. The summed E-state index contributed by atoms with van der Waals surface area (Å²) < 4.78 is 0. The van der Waals surface area contributed by atoms with E-state index in [0.717, 1.165) is 11.3 Å². The average Bonchev–Trinajstić information content (AvgIpc) is 2.47. The summed E-state index contributed by atoms with van der Waals surface area (Å²) in [7, 11) is 0. The van der Waals surface area contributed by atoms with Crippen molar-refractivity contribution in [2.75, 3.05) is 11.4 Å². The lowest BCUT2D eigenvalue weighted by molar-refractivity contribution is -0.116. The van der Waals surface area contributed by atoms with Gasteiger partial charge in [-0.15, -0.1) is 0 Å². The van der Waals surface area contributed by atoms with Crippen LogP contribution in [0.1, 0.15) is 5.56 Å². The van der Waals surface area contributed by atoms with E-state index in [2.05, 4.69) is 4.85 Å². The van der Waals surface area contributed by atoms with Crippen LogP contribution < -0.4 is 4.90 Å². The molecule has 0 saturated carbocycles. The second-order valence-corrected chi connectivity index (χ2v) is 4.12. The van der Waals surface area contributed by atoms with Crippen molar-refractivity contribution in [3.63, 3.8) is 0 Å². The largest absolute Gasteiger partial charge is 0.307 e. The molecule has 2 aromatic carbocycles.